The van der Waals surface area contributed by atoms with Crippen molar-refractivity contribution in [2.45, 2.75) is 39.2 Å². The lowest BCUT2D eigenvalue weighted by Gasteiger charge is -2.32. The van der Waals surface area contributed by atoms with Crippen molar-refractivity contribution >= 4 is 41.3 Å². The molecule has 1 aromatic heterocycles. The van der Waals surface area contributed by atoms with Gasteiger partial charge in [-0.1, -0.05) is 6.08 Å². The third kappa shape index (κ3) is 7.92. The highest BCUT2D eigenvalue weighted by atomic mass is 127. The number of guanidine groups is 1. The van der Waals surface area contributed by atoms with Crippen molar-refractivity contribution < 1.29 is 0 Å². The molecule has 7 heteroatoms. The Balaban J connectivity index is 0.00000338. The van der Waals surface area contributed by atoms with Crippen LogP contribution in [0.15, 0.2) is 23.0 Å². The highest BCUT2D eigenvalue weighted by Gasteiger charge is 2.20. The number of thiazole rings is 1. The normalized spacial score (nSPS) is 16.2. The summed E-state index contributed by atoms with van der Waals surface area (Å²) in [6.07, 6.45) is 6.64. The van der Waals surface area contributed by atoms with Crippen LogP contribution in [0.1, 0.15) is 36.4 Å². The average Bonchev–Trinajstić information content (AvgIpc) is 3.02. The summed E-state index contributed by atoms with van der Waals surface area (Å²) in [4.78, 5) is 13.7. The van der Waals surface area contributed by atoms with Crippen molar-refractivity contribution in [2.24, 2.45) is 10.9 Å². The number of aryl methyl sites for hydroxylation is 1. The molecule has 26 heavy (non-hydrogen) atoms. The highest BCUT2D eigenvalue weighted by Crippen LogP contribution is 2.19. The number of nitrogens with one attached hydrogen (secondary N) is 1. The van der Waals surface area contributed by atoms with E-state index in [9.17, 15) is 0 Å². The second kappa shape index (κ2) is 12.7. The predicted molar refractivity (Wildman–Crippen MR) is 124 cm³/mol. The lowest BCUT2D eigenvalue weighted by molar-refractivity contribution is 0.176. The number of piperidine rings is 1. The van der Waals surface area contributed by atoms with Crippen molar-refractivity contribution in [3.63, 3.8) is 0 Å². The second-order valence-corrected chi connectivity index (χ2v) is 7.92. The number of nitrogens with zero attached hydrogens (tertiary/aromatic N) is 4. The summed E-state index contributed by atoms with van der Waals surface area (Å²) in [7, 11) is 3.97. The topological polar surface area (TPSA) is 43.8 Å². The van der Waals surface area contributed by atoms with Gasteiger partial charge in [-0.15, -0.1) is 41.9 Å². The minimum atomic E-state index is 0. The molecule has 0 amide bonds. The van der Waals surface area contributed by atoms with E-state index in [1.165, 1.54) is 18.5 Å². The molecule has 1 aliphatic heterocycles. The fourth-order valence-electron chi connectivity index (χ4n) is 3.26. The van der Waals surface area contributed by atoms with E-state index in [-0.39, 0.29) is 24.0 Å². The number of allylic oxidation sites excluding steroid dienone is 1. The Morgan fingerprint density at radius 1 is 1.50 bits per heavy atom. The molecule has 0 aliphatic carbocycles. The molecule has 148 valence electrons. The Morgan fingerprint density at radius 2 is 2.23 bits per heavy atom. The first-order valence-corrected chi connectivity index (χ1v) is 10.2. The fraction of sp³-hybridized carbons (Fsp3) is 0.684. The van der Waals surface area contributed by atoms with Gasteiger partial charge in [0.1, 0.15) is 0 Å². The molecule has 0 atom stereocenters. The average molecular weight is 491 g/mol. The summed E-state index contributed by atoms with van der Waals surface area (Å²) >= 11 is 1.75. The zero-order chi connectivity index (χ0) is 18.1. The summed E-state index contributed by atoms with van der Waals surface area (Å²) in [5.41, 5.74) is 1.22. The van der Waals surface area contributed by atoms with E-state index in [0.717, 1.165) is 62.5 Å². The molecule has 1 N–H and O–H groups in total. The molecule has 1 aromatic rings. The van der Waals surface area contributed by atoms with Crippen molar-refractivity contribution in [3.8, 4) is 0 Å². The number of aliphatic imine (C=N–C) groups is 1. The van der Waals surface area contributed by atoms with E-state index in [0.29, 0.717) is 0 Å². The van der Waals surface area contributed by atoms with Gasteiger partial charge < -0.3 is 10.2 Å². The third-order valence-electron chi connectivity index (χ3n) is 4.78. The molecule has 0 unspecified atom stereocenters. The van der Waals surface area contributed by atoms with Gasteiger partial charge in [-0.2, -0.15) is 0 Å². The molecular formula is C19H34IN5S. The first-order valence-electron chi connectivity index (χ1n) is 9.28. The van der Waals surface area contributed by atoms with Crippen LogP contribution in [0.5, 0.6) is 0 Å². The van der Waals surface area contributed by atoms with Gasteiger partial charge >= 0.3 is 0 Å². The van der Waals surface area contributed by atoms with Crippen LogP contribution in [-0.4, -0.2) is 61.0 Å². The Labute approximate surface area is 180 Å². The molecular weight excluding hydrogens is 457 g/mol. The lowest BCUT2D eigenvalue weighted by atomic mass is 9.97. The number of hydrogen-bond donors (Lipinski definition) is 1. The van der Waals surface area contributed by atoms with Crippen LogP contribution in [0, 0.1) is 12.8 Å². The third-order valence-corrected chi connectivity index (χ3v) is 5.61. The highest BCUT2D eigenvalue weighted by molar-refractivity contribution is 14.0. The smallest absolute Gasteiger partial charge is 0.193 e. The SMILES string of the molecule is C=CCCCN(C)C(=NC)NCC1CCN(Cc2csc(C)n2)CC1.I. The van der Waals surface area contributed by atoms with E-state index in [2.05, 4.69) is 51.0 Å². The molecule has 0 aromatic carbocycles. The molecule has 5 nitrogen and oxygen atoms in total. The van der Waals surface area contributed by atoms with Gasteiger partial charge in [0.15, 0.2) is 5.96 Å². The van der Waals surface area contributed by atoms with Crippen LogP contribution in [-0.2, 0) is 6.54 Å². The van der Waals surface area contributed by atoms with E-state index in [1.807, 2.05) is 13.1 Å². The summed E-state index contributed by atoms with van der Waals surface area (Å²) in [6.45, 7) is 11.2. The van der Waals surface area contributed by atoms with E-state index in [4.69, 9.17) is 0 Å². The van der Waals surface area contributed by atoms with Crippen LogP contribution >= 0.6 is 35.3 Å². The maximum atomic E-state index is 4.58. The predicted octanol–water partition coefficient (Wildman–Crippen LogP) is 3.75. The fourth-order valence-corrected chi connectivity index (χ4v) is 3.86. The van der Waals surface area contributed by atoms with Crippen LogP contribution in [0.2, 0.25) is 0 Å². The van der Waals surface area contributed by atoms with Crippen LogP contribution in [0.4, 0.5) is 0 Å². The number of halogens is 1. The first kappa shape index (κ1) is 23.4. The van der Waals surface area contributed by atoms with Crippen molar-refractivity contribution in [1.29, 1.82) is 0 Å². The molecule has 0 radical (unpaired) electrons. The Morgan fingerprint density at radius 3 is 2.81 bits per heavy atom. The minimum absolute atomic E-state index is 0. The molecule has 1 aliphatic rings. The Bertz CT molecular complexity index is 552. The summed E-state index contributed by atoms with van der Waals surface area (Å²) in [5.74, 6) is 1.73. The molecule has 2 rings (SSSR count). The standard InChI is InChI=1S/C19H33N5S.HI/c1-5-6-7-10-23(4)19(20-3)21-13-17-8-11-24(12-9-17)14-18-15-25-16(2)22-18;/h5,15,17H,1,6-14H2,2-4H3,(H,20,21);1H. The largest absolute Gasteiger partial charge is 0.356 e. The van der Waals surface area contributed by atoms with Gasteiger partial charge in [-0.3, -0.25) is 9.89 Å². The number of likely N-dealkylation sites (tertiary alicyclic amines) is 1. The monoisotopic (exact) mass is 491 g/mol. The van der Waals surface area contributed by atoms with Crippen LogP contribution in [0.3, 0.4) is 0 Å². The molecule has 0 bridgehead atoms. The Hall–Kier alpha value is -0.670. The van der Waals surface area contributed by atoms with E-state index >= 15 is 0 Å². The van der Waals surface area contributed by atoms with Crippen molar-refractivity contribution in [2.75, 3.05) is 40.3 Å². The van der Waals surface area contributed by atoms with E-state index in [1.54, 1.807) is 11.3 Å². The number of unbranched alkanes of at least 4 members (excludes halogenated alkanes) is 1. The van der Waals surface area contributed by atoms with Crippen molar-refractivity contribution in [3.05, 3.63) is 28.7 Å². The molecule has 1 saturated heterocycles. The zero-order valence-corrected chi connectivity index (χ0v) is 19.6. The maximum Gasteiger partial charge on any atom is 0.193 e. The van der Waals surface area contributed by atoms with Gasteiger partial charge in [0.05, 0.1) is 10.7 Å². The quantitative estimate of drug-likeness (QED) is 0.198. The second-order valence-electron chi connectivity index (χ2n) is 6.86. The molecule has 2 heterocycles. The van der Waals surface area contributed by atoms with Gasteiger partial charge in [-0.25, -0.2) is 4.98 Å². The Kier molecular flexibility index (Phi) is 11.4. The van der Waals surface area contributed by atoms with Crippen LogP contribution in [0.25, 0.3) is 0 Å². The van der Waals surface area contributed by atoms with Gasteiger partial charge in [0, 0.05) is 39.1 Å². The summed E-state index contributed by atoms with van der Waals surface area (Å²) < 4.78 is 0. The lowest BCUT2D eigenvalue weighted by Crippen LogP contribution is -2.43. The molecule has 0 spiro atoms. The van der Waals surface area contributed by atoms with Crippen LogP contribution < -0.4 is 5.32 Å². The molecule has 1 fully saturated rings. The van der Waals surface area contributed by atoms with E-state index < -0.39 is 0 Å². The summed E-state index contributed by atoms with van der Waals surface area (Å²) in [5, 5.41) is 6.91. The van der Waals surface area contributed by atoms with Gasteiger partial charge in [0.2, 0.25) is 0 Å². The number of hydrogen-bond acceptors (Lipinski definition) is 4. The zero-order valence-electron chi connectivity index (χ0n) is 16.4. The van der Waals surface area contributed by atoms with Crippen molar-refractivity contribution in [1.82, 2.24) is 20.1 Å². The van der Waals surface area contributed by atoms with Gasteiger partial charge in [0.25, 0.3) is 0 Å². The van der Waals surface area contributed by atoms with Gasteiger partial charge in [-0.05, 0) is 51.6 Å². The first-order chi connectivity index (χ1) is 12.1. The summed E-state index contributed by atoms with van der Waals surface area (Å²) in [6, 6.07) is 0. The minimum Gasteiger partial charge on any atom is -0.356 e. The molecule has 0 saturated carbocycles. The number of aromatic nitrogens is 1. The number of rotatable bonds is 8. The maximum absolute atomic E-state index is 4.58.